The number of benzene rings is 1. The SMILES string of the molecule is COC(OC)c1oc2ccc(O)cc2c1CCCN. The third-order valence-corrected chi connectivity index (χ3v) is 3.08. The molecule has 1 aromatic heterocycles. The van der Waals surface area contributed by atoms with Crippen LogP contribution in [0, 0.1) is 0 Å². The smallest absolute Gasteiger partial charge is 0.217 e. The minimum Gasteiger partial charge on any atom is -0.508 e. The molecule has 1 heterocycles. The van der Waals surface area contributed by atoms with Crippen LogP contribution >= 0.6 is 0 Å². The number of fused-ring (bicyclic) bond motifs is 1. The second kappa shape index (κ2) is 6.06. The van der Waals surface area contributed by atoms with Crippen molar-refractivity contribution in [1.29, 1.82) is 0 Å². The van der Waals surface area contributed by atoms with E-state index in [1.807, 2.05) is 0 Å². The predicted molar refractivity (Wildman–Crippen MR) is 72.0 cm³/mol. The first-order valence-corrected chi connectivity index (χ1v) is 6.21. The monoisotopic (exact) mass is 265 g/mol. The summed E-state index contributed by atoms with van der Waals surface area (Å²) in [5.74, 6) is 0.847. The molecule has 19 heavy (non-hydrogen) atoms. The van der Waals surface area contributed by atoms with Crippen molar-refractivity contribution in [3.8, 4) is 5.75 Å². The van der Waals surface area contributed by atoms with Gasteiger partial charge in [-0.25, -0.2) is 0 Å². The van der Waals surface area contributed by atoms with E-state index in [0.29, 0.717) is 17.9 Å². The van der Waals surface area contributed by atoms with Gasteiger partial charge in [0.15, 0.2) is 5.76 Å². The fourth-order valence-corrected chi connectivity index (χ4v) is 2.19. The molecule has 104 valence electrons. The van der Waals surface area contributed by atoms with Crippen LogP contribution in [-0.4, -0.2) is 25.9 Å². The van der Waals surface area contributed by atoms with Crippen molar-refractivity contribution >= 4 is 11.0 Å². The van der Waals surface area contributed by atoms with Crippen LogP contribution in [0.3, 0.4) is 0 Å². The van der Waals surface area contributed by atoms with Crippen LogP contribution in [0.2, 0.25) is 0 Å². The Labute approximate surface area is 111 Å². The molecule has 5 nitrogen and oxygen atoms in total. The molecule has 0 bridgehead atoms. The lowest BCUT2D eigenvalue weighted by atomic mass is 10.0. The van der Waals surface area contributed by atoms with Gasteiger partial charge in [-0.3, -0.25) is 0 Å². The lowest BCUT2D eigenvalue weighted by Crippen LogP contribution is -2.07. The van der Waals surface area contributed by atoms with Gasteiger partial charge < -0.3 is 24.7 Å². The molecule has 0 aliphatic heterocycles. The molecular weight excluding hydrogens is 246 g/mol. The van der Waals surface area contributed by atoms with Gasteiger partial charge in [0.25, 0.3) is 0 Å². The van der Waals surface area contributed by atoms with Crippen LogP contribution in [0.25, 0.3) is 11.0 Å². The zero-order valence-corrected chi connectivity index (χ0v) is 11.2. The van der Waals surface area contributed by atoms with E-state index in [2.05, 4.69) is 0 Å². The Morgan fingerprint density at radius 3 is 2.68 bits per heavy atom. The van der Waals surface area contributed by atoms with E-state index in [-0.39, 0.29) is 5.75 Å². The number of aromatic hydroxyl groups is 1. The van der Waals surface area contributed by atoms with Crippen molar-refractivity contribution < 1.29 is 19.0 Å². The van der Waals surface area contributed by atoms with Gasteiger partial charge in [-0.1, -0.05) is 0 Å². The highest BCUT2D eigenvalue weighted by Crippen LogP contribution is 2.34. The average Bonchev–Trinajstić information content (AvgIpc) is 2.76. The molecule has 2 aromatic rings. The molecule has 3 N–H and O–H groups in total. The van der Waals surface area contributed by atoms with Crippen LogP contribution in [0.1, 0.15) is 24.0 Å². The Balaban J connectivity index is 2.54. The fourth-order valence-electron chi connectivity index (χ4n) is 2.19. The number of hydrogen-bond acceptors (Lipinski definition) is 5. The number of aryl methyl sites for hydroxylation is 1. The standard InChI is InChI=1S/C14H19NO4/c1-17-14(18-2)13-10(4-3-7-15)11-8-9(16)5-6-12(11)19-13/h5-6,8,14,16H,3-4,7,15H2,1-2H3. The third-order valence-electron chi connectivity index (χ3n) is 3.08. The number of furan rings is 1. The third kappa shape index (κ3) is 2.73. The van der Waals surface area contributed by atoms with Crippen molar-refractivity contribution in [2.75, 3.05) is 20.8 Å². The number of ether oxygens (including phenoxy) is 2. The summed E-state index contributed by atoms with van der Waals surface area (Å²) in [4.78, 5) is 0. The van der Waals surface area contributed by atoms with Crippen molar-refractivity contribution in [3.05, 3.63) is 29.5 Å². The minimum atomic E-state index is -0.553. The van der Waals surface area contributed by atoms with E-state index < -0.39 is 6.29 Å². The van der Waals surface area contributed by atoms with Gasteiger partial charge in [0.05, 0.1) is 0 Å². The van der Waals surface area contributed by atoms with E-state index in [1.54, 1.807) is 32.4 Å². The Hall–Kier alpha value is -1.56. The van der Waals surface area contributed by atoms with Crippen molar-refractivity contribution in [3.63, 3.8) is 0 Å². The second-order valence-electron chi connectivity index (χ2n) is 4.32. The number of methoxy groups -OCH3 is 2. The van der Waals surface area contributed by atoms with E-state index >= 15 is 0 Å². The van der Waals surface area contributed by atoms with E-state index in [0.717, 1.165) is 23.8 Å². The quantitative estimate of drug-likeness (QED) is 0.784. The predicted octanol–water partition coefficient (Wildman–Crippen LogP) is 2.32. The van der Waals surface area contributed by atoms with Gasteiger partial charge in [-0.2, -0.15) is 0 Å². The average molecular weight is 265 g/mol. The molecule has 0 fully saturated rings. The number of hydrogen-bond donors (Lipinski definition) is 2. The van der Waals surface area contributed by atoms with Crippen LogP contribution in [0.4, 0.5) is 0 Å². The highest BCUT2D eigenvalue weighted by Gasteiger charge is 2.22. The summed E-state index contributed by atoms with van der Waals surface area (Å²) in [6, 6.07) is 5.02. The molecule has 0 atom stereocenters. The first-order chi connectivity index (χ1) is 9.21. The molecule has 0 saturated carbocycles. The maximum absolute atomic E-state index is 9.61. The summed E-state index contributed by atoms with van der Waals surface area (Å²) in [7, 11) is 3.12. The molecule has 0 aliphatic carbocycles. The summed E-state index contributed by atoms with van der Waals surface area (Å²) >= 11 is 0. The van der Waals surface area contributed by atoms with E-state index in [1.165, 1.54) is 0 Å². The van der Waals surface area contributed by atoms with Crippen LogP contribution in [0.15, 0.2) is 22.6 Å². The Bertz CT molecular complexity index is 546. The van der Waals surface area contributed by atoms with E-state index in [4.69, 9.17) is 19.6 Å². The normalized spacial score (nSPS) is 11.6. The van der Waals surface area contributed by atoms with Gasteiger partial charge in [0, 0.05) is 25.2 Å². The second-order valence-corrected chi connectivity index (χ2v) is 4.32. The summed E-state index contributed by atoms with van der Waals surface area (Å²) in [5.41, 5.74) is 7.25. The topological polar surface area (TPSA) is 77.8 Å². The Kier molecular flexibility index (Phi) is 4.42. The lowest BCUT2D eigenvalue weighted by Gasteiger charge is -2.12. The first kappa shape index (κ1) is 13.9. The molecule has 5 heteroatoms. The molecule has 0 radical (unpaired) electrons. The van der Waals surface area contributed by atoms with Crippen molar-refractivity contribution in [2.45, 2.75) is 19.1 Å². The molecular formula is C14H19NO4. The van der Waals surface area contributed by atoms with Gasteiger partial charge in [0.2, 0.25) is 6.29 Å². The Morgan fingerprint density at radius 1 is 1.32 bits per heavy atom. The fraction of sp³-hybridized carbons (Fsp3) is 0.429. The zero-order valence-electron chi connectivity index (χ0n) is 11.2. The van der Waals surface area contributed by atoms with Crippen molar-refractivity contribution in [1.82, 2.24) is 0 Å². The van der Waals surface area contributed by atoms with Gasteiger partial charge in [-0.05, 0) is 37.6 Å². The highest BCUT2D eigenvalue weighted by molar-refractivity contribution is 5.83. The van der Waals surface area contributed by atoms with Gasteiger partial charge in [-0.15, -0.1) is 0 Å². The van der Waals surface area contributed by atoms with Gasteiger partial charge >= 0.3 is 0 Å². The summed E-state index contributed by atoms with van der Waals surface area (Å²) in [5, 5.41) is 10.5. The van der Waals surface area contributed by atoms with E-state index in [9.17, 15) is 5.11 Å². The molecule has 0 unspecified atom stereocenters. The molecule has 2 rings (SSSR count). The summed E-state index contributed by atoms with van der Waals surface area (Å²) < 4.78 is 16.3. The largest absolute Gasteiger partial charge is 0.508 e. The van der Waals surface area contributed by atoms with Crippen LogP contribution in [0.5, 0.6) is 5.75 Å². The highest BCUT2D eigenvalue weighted by atomic mass is 16.7. The summed E-state index contributed by atoms with van der Waals surface area (Å²) in [6.45, 7) is 0.593. The molecule has 0 spiro atoms. The van der Waals surface area contributed by atoms with Crippen LogP contribution in [-0.2, 0) is 15.9 Å². The first-order valence-electron chi connectivity index (χ1n) is 6.21. The maximum Gasteiger partial charge on any atom is 0.217 e. The van der Waals surface area contributed by atoms with Crippen molar-refractivity contribution in [2.24, 2.45) is 5.73 Å². The molecule has 0 aliphatic rings. The Morgan fingerprint density at radius 2 is 2.05 bits per heavy atom. The minimum absolute atomic E-state index is 0.209. The lowest BCUT2D eigenvalue weighted by molar-refractivity contribution is -0.117. The van der Waals surface area contributed by atoms with Gasteiger partial charge in [0.1, 0.15) is 11.3 Å². The number of nitrogens with two attached hydrogens (primary N) is 1. The maximum atomic E-state index is 9.61. The molecule has 0 saturated heterocycles. The summed E-state index contributed by atoms with van der Waals surface area (Å²) in [6.07, 6.45) is 1.03. The molecule has 1 aromatic carbocycles. The number of phenols is 1. The van der Waals surface area contributed by atoms with Crippen LogP contribution < -0.4 is 5.73 Å². The number of rotatable bonds is 6. The zero-order chi connectivity index (χ0) is 13.8. The number of phenolic OH excluding ortho intramolecular Hbond substituents is 1. The molecule has 0 amide bonds.